The number of nitrogens with one attached hydrogen (secondary N) is 1. The Balaban J connectivity index is 1.74. The van der Waals surface area contributed by atoms with E-state index >= 15 is 0 Å². The number of carbonyl (C=O) groups is 1. The second-order valence-corrected chi connectivity index (χ2v) is 5.74. The van der Waals surface area contributed by atoms with E-state index < -0.39 is 0 Å². The summed E-state index contributed by atoms with van der Waals surface area (Å²) < 4.78 is 10.8. The summed E-state index contributed by atoms with van der Waals surface area (Å²) in [6, 6.07) is 5.25. The predicted molar refractivity (Wildman–Crippen MR) is 86.9 cm³/mol. The molecule has 1 saturated heterocycles. The van der Waals surface area contributed by atoms with Crippen molar-refractivity contribution in [1.29, 1.82) is 0 Å². The molecule has 0 radical (unpaired) electrons. The first-order valence-corrected chi connectivity index (χ1v) is 7.81. The molecule has 1 aliphatic heterocycles. The van der Waals surface area contributed by atoms with E-state index in [4.69, 9.17) is 9.47 Å². The second-order valence-electron chi connectivity index (χ2n) is 5.74. The van der Waals surface area contributed by atoms with Gasteiger partial charge in [0.25, 0.3) is 5.91 Å². The highest BCUT2D eigenvalue weighted by molar-refractivity contribution is 5.92. The Labute approximate surface area is 140 Å². The van der Waals surface area contributed by atoms with Crippen LogP contribution in [0.5, 0.6) is 5.88 Å². The molecule has 126 valence electrons. The third-order valence-corrected chi connectivity index (χ3v) is 3.90. The molecule has 1 N–H and O–H groups in total. The molecule has 2 aromatic heterocycles. The molecule has 7 nitrogen and oxygen atoms in total. The quantitative estimate of drug-likeness (QED) is 0.920. The van der Waals surface area contributed by atoms with Crippen LogP contribution in [0.25, 0.3) is 0 Å². The summed E-state index contributed by atoms with van der Waals surface area (Å²) in [5.74, 6) is 0.911. The van der Waals surface area contributed by atoms with Gasteiger partial charge in [0.15, 0.2) is 0 Å². The number of hydrogen-bond acceptors (Lipinski definition) is 6. The number of aromatic nitrogens is 3. The summed E-state index contributed by atoms with van der Waals surface area (Å²) in [6.45, 7) is 4.20. The Morgan fingerprint density at radius 1 is 1.33 bits per heavy atom. The molecule has 3 heterocycles. The monoisotopic (exact) mass is 328 g/mol. The van der Waals surface area contributed by atoms with Gasteiger partial charge in [0.05, 0.1) is 13.2 Å². The number of amides is 1. The average molecular weight is 328 g/mol. The number of aryl methyl sites for hydroxylation is 2. The lowest BCUT2D eigenvalue weighted by Crippen LogP contribution is -2.37. The summed E-state index contributed by atoms with van der Waals surface area (Å²) in [7, 11) is 1.57. The van der Waals surface area contributed by atoms with Crippen LogP contribution in [0.1, 0.15) is 40.1 Å². The summed E-state index contributed by atoms with van der Waals surface area (Å²) in [5, 5.41) is 3.01. The van der Waals surface area contributed by atoms with Crippen LogP contribution in [-0.4, -0.2) is 40.6 Å². The van der Waals surface area contributed by atoms with E-state index in [1.807, 2.05) is 13.0 Å². The van der Waals surface area contributed by atoms with Gasteiger partial charge in [-0.2, -0.15) is 0 Å². The number of ether oxygens (including phenoxy) is 2. The van der Waals surface area contributed by atoms with Crippen molar-refractivity contribution >= 4 is 5.91 Å². The van der Waals surface area contributed by atoms with Crippen molar-refractivity contribution in [3.05, 3.63) is 47.2 Å². The van der Waals surface area contributed by atoms with Gasteiger partial charge in [-0.25, -0.2) is 15.0 Å². The summed E-state index contributed by atoms with van der Waals surface area (Å²) in [4.78, 5) is 25.1. The van der Waals surface area contributed by atoms with E-state index in [1.54, 1.807) is 32.4 Å². The number of methoxy groups -OCH3 is 1. The highest BCUT2D eigenvalue weighted by atomic mass is 16.5. The van der Waals surface area contributed by atoms with Gasteiger partial charge in [0.1, 0.15) is 17.6 Å². The number of rotatable bonds is 4. The van der Waals surface area contributed by atoms with Gasteiger partial charge in [-0.1, -0.05) is 0 Å². The molecule has 0 unspecified atom stereocenters. The Kier molecular flexibility index (Phi) is 4.71. The van der Waals surface area contributed by atoms with Gasteiger partial charge in [-0.15, -0.1) is 0 Å². The highest BCUT2D eigenvalue weighted by Crippen LogP contribution is 2.29. The van der Waals surface area contributed by atoms with Gasteiger partial charge in [0.2, 0.25) is 5.88 Å². The molecule has 0 aliphatic carbocycles. The van der Waals surface area contributed by atoms with Crippen LogP contribution in [0.3, 0.4) is 0 Å². The largest absolute Gasteiger partial charge is 0.481 e. The first kappa shape index (κ1) is 16.3. The zero-order chi connectivity index (χ0) is 17.1. The smallest absolute Gasteiger partial charge is 0.270 e. The van der Waals surface area contributed by atoms with Crippen molar-refractivity contribution < 1.29 is 14.3 Å². The van der Waals surface area contributed by atoms with Crippen LogP contribution in [0, 0.1) is 13.8 Å². The minimum absolute atomic E-state index is 0.122. The zero-order valence-corrected chi connectivity index (χ0v) is 13.9. The molecule has 24 heavy (non-hydrogen) atoms. The normalized spacial score (nSPS) is 20.0. The first-order chi connectivity index (χ1) is 11.6. The van der Waals surface area contributed by atoms with Crippen molar-refractivity contribution in [1.82, 2.24) is 20.3 Å². The summed E-state index contributed by atoms with van der Waals surface area (Å²) in [5.41, 5.74) is 2.05. The Morgan fingerprint density at radius 2 is 2.17 bits per heavy atom. The molecule has 7 heteroatoms. The summed E-state index contributed by atoms with van der Waals surface area (Å²) >= 11 is 0. The van der Waals surface area contributed by atoms with Crippen LogP contribution < -0.4 is 10.1 Å². The molecular formula is C17H20N4O3. The molecule has 0 aromatic carbocycles. The van der Waals surface area contributed by atoms with E-state index in [2.05, 4.69) is 20.3 Å². The molecule has 0 saturated carbocycles. The first-order valence-electron chi connectivity index (χ1n) is 7.81. The maximum atomic E-state index is 12.5. The van der Waals surface area contributed by atoms with Gasteiger partial charge in [0, 0.05) is 30.1 Å². The van der Waals surface area contributed by atoms with E-state index in [9.17, 15) is 4.79 Å². The molecule has 2 atom stereocenters. The van der Waals surface area contributed by atoms with Crippen molar-refractivity contribution in [2.45, 2.75) is 32.4 Å². The standard InChI is InChI=1S/C17H20N4O3/c1-10-8-14(20-11(2)19-10)17(22)21-13-6-7-24-16(13)12-4-5-15(23-3)18-9-12/h4-5,8-9,13,16H,6-7H2,1-3H3,(H,21,22)/t13-,16+/m0/s1. The molecule has 1 aliphatic rings. The SMILES string of the molecule is COc1ccc([C@H]2OCC[C@@H]2NC(=O)c2cc(C)nc(C)n2)cn1. The van der Waals surface area contributed by atoms with Crippen LogP contribution in [0.2, 0.25) is 0 Å². The van der Waals surface area contributed by atoms with Gasteiger partial charge >= 0.3 is 0 Å². The van der Waals surface area contributed by atoms with Crippen LogP contribution >= 0.6 is 0 Å². The number of pyridine rings is 1. The van der Waals surface area contributed by atoms with E-state index in [0.29, 0.717) is 24.0 Å². The minimum atomic E-state index is -0.226. The van der Waals surface area contributed by atoms with Crippen LogP contribution in [0.4, 0.5) is 0 Å². The molecule has 0 bridgehead atoms. The average Bonchev–Trinajstić information content (AvgIpc) is 3.02. The molecular weight excluding hydrogens is 308 g/mol. The van der Waals surface area contributed by atoms with Crippen molar-refractivity contribution in [3.63, 3.8) is 0 Å². The Morgan fingerprint density at radius 3 is 2.83 bits per heavy atom. The molecule has 2 aromatic rings. The predicted octanol–water partition coefficient (Wildman–Crippen LogP) is 1.76. The van der Waals surface area contributed by atoms with Crippen LogP contribution in [0.15, 0.2) is 24.4 Å². The molecule has 1 amide bonds. The lowest BCUT2D eigenvalue weighted by atomic mass is 10.0. The van der Waals surface area contributed by atoms with Crippen LogP contribution in [-0.2, 0) is 4.74 Å². The molecule has 1 fully saturated rings. The fraction of sp³-hybridized carbons (Fsp3) is 0.412. The van der Waals surface area contributed by atoms with E-state index in [0.717, 1.165) is 17.7 Å². The minimum Gasteiger partial charge on any atom is -0.481 e. The van der Waals surface area contributed by atoms with Gasteiger partial charge < -0.3 is 14.8 Å². The lowest BCUT2D eigenvalue weighted by Gasteiger charge is -2.20. The van der Waals surface area contributed by atoms with Gasteiger partial charge in [-0.3, -0.25) is 4.79 Å². The number of nitrogens with zero attached hydrogens (tertiary/aromatic N) is 3. The van der Waals surface area contributed by atoms with E-state index in [1.165, 1.54) is 0 Å². The molecule has 3 rings (SSSR count). The summed E-state index contributed by atoms with van der Waals surface area (Å²) in [6.07, 6.45) is 2.23. The van der Waals surface area contributed by atoms with Gasteiger partial charge in [-0.05, 0) is 32.4 Å². The third kappa shape index (κ3) is 3.51. The zero-order valence-electron chi connectivity index (χ0n) is 13.9. The fourth-order valence-corrected chi connectivity index (χ4v) is 2.82. The Bertz CT molecular complexity index is 713. The highest BCUT2D eigenvalue weighted by Gasteiger charge is 2.31. The van der Waals surface area contributed by atoms with Crippen molar-refractivity contribution in [3.8, 4) is 5.88 Å². The number of carbonyl (C=O) groups excluding carboxylic acids is 1. The second kappa shape index (κ2) is 6.92. The van der Waals surface area contributed by atoms with E-state index in [-0.39, 0.29) is 18.1 Å². The maximum Gasteiger partial charge on any atom is 0.270 e. The fourth-order valence-electron chi connectivity index (χ4n) is 2.82. The maximum absolute atomic E-state index is 12.5. The number of hydrogen-bond donors (Lipinski definition) is 1. The van der Waals surface area contributed by atoms with Crippen molar-refractivity contribution in [2.24, 2.45) is 0 Å². The topological polar surface area (TPSA) is 86.2 Å². The van der Waals surface area contributed by atoms with Crippen molar-refractivity contribution in [2.75, 3.05) is 13.7 Å². The Hall–Kier alpha value is -2.54. The third-order valence-electron chi connectivity index (χ3n) is 3.90. The molecule has 0 spiro atoms. The lowest BCUT2D eigenvalue weighted by molar-refractivity contribution is 0.0816.